The summed E-state index contributed by atoms with van der Waals surface area (Å²) >= 11 is 0. The van der Waals surface area contributed by atoms with E-state index in [-0.39, 0.29) is 29.9 Å². The van der Waals surface area contributed by atoms with Gasteiger partial charge in [0.15, 0.2) is 5.96 Å². The molecular weight excluding hydrogens is 445 g/mol. The molecule has 1 amide bonds. The molecule has 0 atom stereocenters. The van der Waals surface area contributed by atoms with Crippen LogP contribution in [0.2, 0.25) is 0 Å². The highest BCUT2D eigenvalue weighted by Crippen LogP contribution is 2.10. The molecule has 0 saturated heterocycles. The summed E-state index contributed by atoms with van der Waals surface area (Å²) in [4.78, 5) is 15.4. The van der Waals surface area contributed by atoms with E-state index in [0.717, 1.165) is 42.5 Å². The fraction of sp³-hybridized carbons (Fsp3) is 0.412. The Labute approximate surface area is 170 Å². The molecular formula is C17H26IN7O. The number of rotatable bonds is 7. The Kier molecular flexibility index (Phi) is 9.63. The van der Waals surface area contributed by atoms with Crippen LogP contribution in [0.5, 0.6) is 0 Å². The molecule has 9 heteroatoms. The Bertz CT molecular complexity index is 729. The molecule has 1 aromatic carbocycles. The number of guanidine groups is 1. The molecule has 0 bridgehead atoms. The molecule has 2 rings (SSSR count). The quantitative estimate of drug-likeness (QED) is 0.325. The third-order valence-electron chi connectivity index (χ3n) is 3.59. The standard InChI is InChI=1S/C17H25N7O.HI/c1-4-16-23-21-12-24(16)9-8-19-17(18-3)20-11-14-6-5-7-15(10-14)22-13(2)25;/h5-7,10,12H,4,8-9,11H2,1-3H3,(H,22,25)(H2,18,19,20);1H. The molecule has 0 aliphatic rings. The lowest BCUT2D eigenvalue weighted by molar-refractivity contribution is -0.114. The van der Waals surface area contributed by atoms with E-state index >= 15 is 0 Å². The first kappa shape index (κ1) is 21.9. The second kappa shape index (κ2) is 11.4. The van der Waals surface area contributed by atoms with E-state index in [1.54, 1.807) is 13.4 Å². The number of nitrogens with one attached hydrogen (secondary N) is 3. The van der Waals surface area contributed by atoms with Crippen LogP contribution in [0, 0.1) is 0 Å². The van der Waals surface area contributed by atoms with E-state index in [9.17, 15) is 4.79 Å². The van der Waals surface area contributed by atoms with Gasteiger partial charge in [0, 0.05) is 45.7 Å². The smallest absolute Gasteiger partial charge is 0.221 e. The van der Waals surface area contributed by atoms with Gasteiger partial charge in [0.1, 0.15) is 12.2 Å². The lowest BCUT2D eigenvalue weighted by Crippen LogP contribution is -2.38. The zero-order chi connectivity index (χ0) is 18.1. The van der Waals surface area contributed by atoms with Crippen LogP contribution < -0.4 is 16.0 Å². The molecule has 2 aromatic rings. The van der Waals surface area contributed by atoms with Gasteiger partial charge in [-0.3, -0.25) is 9.79 Å². The molecule has 0 unspecified atom stereocenters. The number of carbonyl (C=O) groups is 1. The van der Waals surface area contributed by atoms with Gasteiger partial charge >= 0.3 is 0 Å². The van der Waals surface area contributed by atoms with Gasteiger partial charge in [0.05, 0.1) is 0 Å². The maximum Gasteiger partial charge on any atom is 0.221 e. The van der Waals surface area contributed by atoms with E-state index in [2.05, 4.69) is 38.1 Å². The molecule has 0 aliphatic carbocycles. The number of nitrogens with zero attached hydrogens (tertiary/aromatic N) is 4. The van der Waals surface area contributed by atoms with Crippen molar-refractivity contribution in [3.05, 3.63) is 42.0 Å². The van der Waals surface area contributed by atoms with Crippen molar-refractivity contribution in [2.45, 2.75) is 33.4 Å². The van der Waals surface area contributed by atoms with E-state index in [1.165, 1.54) is 6.92 Å². The van der Waals surface area contributed by atoms with E-state index in [1.807, 2.05) is 28.8 Å². The summed E-state index contributed by atoms with van der Waals surface area (Å²) in [5.41, 5.74) is 1.84. The van der Waals surface area contributed by atoms with Crippen LogP contribution >= 0.6 is 24.0 Å². The van der Waals surface area contributed by atoms with Gasteiger partial charge in [0.2, 0.25) is 5.91 Å². The zero-order valence-electron chi connectivity index (χ0n) is 15.3. The largest absolute Gasteiger partial charge is 0.355 e. The van der Waals surface area contributed by atoms with Gasteiger partial charge in [-0.2, -0.15) is 0 Å². The van der Waals surface area contributed by atoms with Gasteiger partial charge in [0.25, 0.3) is 0 Å². The summed E-state index contributed by atoms with van der Waals surface area (Å²) in [6.45, 7) is 5.66. The molecule has 0 radical (unpaired) electrons. The van der Waals surface area contributed by atoms with E-state index < -0.39 is 0 Å². The molecule has 0 spiro atoms. The first-order chi connectivity index (χ1) is 12.1. The Morgan fingerprint density at radius 2 is 2.12 bits per heavy atom. The Balaban J connectivity index is 0.00000338. The summed E-state index contributed by atoms with van der Waals surface area (Å²) in [5.74, 6) is 1.61. The lowest BCUT2D eigenvalue weighted by atomic mass is 10.2. The summed E-state index contributed by atoms with van der Waals surface area (Å²) in [5, 5.41) is 17.3. The molecule has 142 valence electrons. The fourth-order valence-electron chi connectivity index (χ4n) is 2.40. The van der Waals surface area contributed by atoms with Crippen molar-refractivity contribution in [2.75, 3.05) is 18.9 Å². The number of aryl methyl sites for hydroxylation is 1. The number of aliphatic imine (C=N–C) groups is 1. The number of carbonyl (C=O) groups excluding carboxylic acids is 1. The minimum atomic E-state index is -0.0805. The van der Waals surface area contributed by atoms with Crippen molar-refractivity contribution in [1.29, 1.82) is 0 Å². The van der Waals surface area contributed by atoms with Gasteiger partial charge < -0.3 is 20.5 Å². The van der Waals surface area contributed by atoms with Crippen molar-refractivity contribution in [1.82, 2.24) is 25.4 Å². The van der Waals surface area contributed by atoms with Gasteiger partial charge in [-0.1, -0.05) is 19.1 Å². The number of anilines is 1. The summed E-state index contributed by atoms with van der Waals surface area (Å²) in [7, 11) is 1.74. The Morgan fingerprint density at radius 3 is 2.81 bits per heavy atom. The lowest BCUT2D eigenvalue weighted by Gasteiger charge is -2.13. The Morgan fingerprint density at radius 1 is 1.31 bits per heavy atom. The first-order valence-corrected chi connectivity index (χ1v) is 8.30. The molecule has 0 fully saturated rings. The molecule has 26 heavy (non-hydrogen) atoms. The van der Waals surface area contributed by atoms with Crippen molar-refractivity contribution < 1.29 is 4.79 Å². The van der Waals surface area contributed by atoms with E-state index in [0.29, 0.717) is 6.54 Å². The second-order valence-corrected chi connectivity index (χ2v) is 5.53. The maximum absolute atomic E-state index is 11.1. The van der Waals surface area contributed by atoms with Gasteiger partial charge in [-0.25, -0.2) is 0 Å². The molecule has 3 N–H and O–H groups in total. The number of hydrogen-bond acceptors (Lipinski definition) is 4. The van der Waals surface area contributed by atoms with Crippen LogP contribution in [0.4, 0.5) is 5.69 Å². The van der Waals surface area contributed by atoms with Gasteiger partial charge in [-0.05, 0) is 17.7 Å². The number of benzene rings is 1. The third-order valence-corrected chi connectivity index (χ3v) is 3.59. The number of amides is 1. The topological polar surface area (TPSA) is 96.2 Å². The fourth-order valence-corrected chi connectivity index (χ4v) is 2.40. The van der Waals surface area contributed by atoms with Crippen molar-refractivity contribution >= 4 is 41.5 Å². The highest BCUT2D eigenvalue weighted by molar-refractivity contribution is 14.0. The number of aromatic nitrogens is 3. The average Bonchev–Trinajstić information content (AvgIpc) is 3.05. The minimum Gasteiger partial charge on any atom is -0.355 e. The van der Waals surface area contributed by atoms with Gasteiger partial charge in [-0.15, -0.1) is 34.2 Å². The van der Waals surface area contributed by atoms with Crippen molar-refractivity contribution in [2.24, 2.45) is 4.99 Å². The number of hydrogen-bond donors (Lipinski definition) is 3. The second-order valence-electron chi connectivity index (χ2n) is 5.53. The summed E-state index contributed by atoms with van der Waals surface area (Å²) < 4.78 is 2.02. The summed E-state index contributed by atoms with van der Waals surface area (Å²) in [6.07, 6.45) is 2.60. The monoisotopic (exact) mass is 471 g/mol. The third kappa shape index (κ3) is 6.98. The molecule has 0 aliphatic heterocycles. The van der Waals surface area contributed by atoms with Crippen LogP contribution in [0.25, 0.3) is 0 Å². The predicted molar refractivity (Wildman–Crippen MR) is 114 cm³/mol. The van der Waals surface area contributed by atoms with Crippen LogP contribution in [0.15, 0.2) is 35.6 Å². The first-order valence-electron chi connectivity index (χ1n) is 8.30. The molecule has 1 aromatic heterocycles. The SMILES string of the molecule is CCc1nncn1CCNC(=NC)NCc1cccc(NC(C)=O)c1.I. The Hall–Kier alpha value is -2.17. The average molecular weight is 471 g/mol. The molecule has 8 nitrogen and oxygen atoms in total. The maximum atomic E-state index is 11.1. The highest BCUT2D eigenvalue weighted by atomic mass is 127. The predicted octanol–water partition coefficient (Wildman–Crippen LogP) is 1.78. The highest BCUT2D eigenvalue weighted by Gasteiger charge is 2.03. The van der Waals surface area contributed by atoms with Crippen LogP contribution in [0.3, 0.4) is 0 Å². The van der Waals surface area contributed by atoms with Crippen LogP contribution in [-0.4, -0.2) is 40.2 Å². The molecule has 1 heterocycles. The van der Waals surface area contributed by atoms with Crippen molar-refractivity contribution in [3.63, 3.8) is 0 Å². The minimum absolute atomic E-state index is 0. The number of halogens is 1. The van der Waals surface area contributed by atoms with Crippen molar-refractivity contribution in [3.8, 4) is 0 Å². The zero-order valence-corrected chi connectivity index (χ0v) is 17.7. The molecule has 0 saturated carbocycles. The van der Waals surface area contributed by atoms with Crippen LogP contribution in [0.1, 0.15) is 25.2 Å². The van der Waals surface area contributed by atoms with E-state index in [4.69, 9.17) is 0 Å². The van der Waals surface area contributed by atoms with Crippen LogP contribution in [-0.2, 0) is 24.3 Å². The normalized spacial score (nSPS) is 10.8. The summed E-state index contributed by atoms with van der Waals surface area (Å²) in [6, 6.07) is 7.71.